The van der Waals surface area contributed by atoms with Gasteiger partial charge in [0.05, 0.1) is 24.4 Å². The van der Waals surface area contributed by atoms with Crippen molar-refractivity contribution in [2.24, 2.45) is 4.99 Å². The van der Waals surface area contributed by atoms with Crippen LogP contribution in [0.25, 0.3) is 11.0 Å². The average Bonchev–Trinajstić information content (AvgIpc) is 3.06. The zero-order valence-corrected chi connectivity index (χ0v) is 14.4. The van der Waals surface area contributed by atoms with Crippen LogP contribution in [0.3, 0.4) is 0 Å². The number of aliphatic hydroxyl groups is 2. The first-order valence-electron chi connectivity index (χ1n) is 7.17. The highest BCUT2D eigenvalue weighted by Crippen LogP contribution is 2.37. The summed E-state index contributed by atoms with van der Waals surface area (Å²) in [4.78, 5) is 14.7. The van der Waals surface area contributed by atoms with Gasteiger partial charge in [-0.25, -0.2) is 15.0 Å². The maximum Gasteiger partial charge on any atom is 0.167 e. The summed E-state index contributed by atoms with van der Waals surface area (Å²) in [5, 5.41) is 19.9. The molecular weight excluding hydrogens is 366 g/mol. The molecule has 124 valence electrons. The summed E-state index contributed by atoms with van der Waals surface area (Å²) in [5.74, 6) is 0.548. The Bertz CT molecular complexity index is 733. The van der Waals surface area contributed by atoms with Crippen molar-refractivity contribution < 1.29 is 14.9 Å². The van der Waals surface area contributed by atoms with E-state index >= 15 is 0 Å². The zero-order valence-electron chi connectivity index (χ0n) is 12.8. The number of halogens is 1. The first-order valence-corrected chi connectivity index (χ1v) is 7.96. The molecule has 1 saturated heterocycles. The van der Waals surface area contributed by atoms with Crippen LogP contribution in [0, 0.1) is 0 Å². The van der Waals surface area contributed by atoms with Gasteiger partial charge < -0.3 is 24.4 Å². The third-order valence-electron chi connectivity index (χ3n) is 3.65. The topological polar surface area (TPSA) is 96.0 Å². The Labute approximate surface area is 141 Å². The van der Waals surface area contributed by atoms with Crippen LogP contribution >= 0.6 is 15.9 Å². The number of aliphatic hydroxyl groups excluding tert-OH is 2. The molecule has 2 aromatic rings. The Morgan fingerprint density at radius 2 is 2.30 bits per heavy atom. The Morgan fingerprint density at radius 1 is 1.52 bits per heavy atom. The molecule has 3 heterocycles. The summed E-state index contributed by atoms with van der Waals surface area (Å²) in [5.41, 5.74) is 0.661. The highest BCUT2D eigenvalue weighted by atomic mass is 79.9. The number of hydrogen-bond acceptors (Lipinski definition) is 6. The van der Waals surface area contributed by atoms with E-state index in [1.165, 1.54) is 6.33 Å². The molecular formula is C14H18BrN5O3. The molecule has 1 fully saturated rings. The molecule has 0 saturated carbocycles. The van der Waals surface area contributed by atoms with Gasteiger partial charge in [0, 0.05) is 31.2 Å². The van der Waals surface area contributed by atoms with Gasteiger partial charge in [-0.05, 0) is 15.9 Å². The van der Waals surface area contributed by atoms with Crippen LogP contribution in [0.2, 0.25) is 0 Å². The first kappa shape index (κ1) is 16.3. The minimum Gasteiger partial charge on any atom is -0.394 e. The lowest BCUT2D eigenvalue weighted by molar-refractivity contribution is -0.0430. The number of fused-ring (bicyclic) bond motifs is 1. The maximum absolute atomic E-state index is 9.93. The number of aromatic nitrogens is 3. The Kier molecular flexibility index (Phi) is 4.62. The van der Waals surface area contributed by atoms with Crippen LogP contribution in [0.1, 0.15) is 12.6 Å². The van der Waals surface area contributed by atoms with E-state index in [9.17, 15) is 10.2 Å². The van der Waals surface area contributed by atoms with Gasteiger partial charge in [0.2, 0.25) is 0 Å². The molecule has 8 nitrogen and oxygen atoms in total. The third kappa shape index (κ3) is 3.09. The predicted molar refractivity (Wildman–Crippen MR) is 88.7 cm³/mol. The summed E-state index contributed by atoms with van der Waals surface area (Å²) in [6, 6.07) is 0. The van der Waals surface area contributed by atoms with Gasteiger partial charge >= 0.3 is 0 Å². The summed E-state index contributed by atoms with van der Waals surface area (Å²) >= 11 is 3.51. The van der Waals surface area contributed by atoms with E-state index in [-0.39, 0.29) is 6.61 Å². The smallest absolute Gasteiger partial charge is 0.167 e. The van der Waals surface area contributed by atoms with Gasteiger partial charge in [0.25, 0.3) is 0 Å². The molecule has 0 aromatic carbocycles. The zero-order chi connectivity index (χ0) is 16.6. The molecule has 0 radical (unpaired) electrons. The molecule has 3 atom stereocenters. The second kappa shape index (κ2) is 6.52. The number of nitrogens with zero attached hydrogens (tertiary/aromatic N) is 5. The number of aliphatic imine (C=N–C) groups is 1. The highest BCUT2D eigenvalue weighted by molar-refractivity contribution is 9.10. The fraction of sp³-hybridized carbons (Fsp3) is 0.500. The molecule has 0 bridgehead atoms. The lowest BCUT2D eigenvalue weighted by Gasteiger charge is -2.14. The monoisotopic (exact) mass is 383 g/mol. The molecule has 1 aliphatic rings. The molecule has 0 amide bonds. The van der Waals surface area contributed by atoms with Crippen molar-refractivity contribution >= 4 is 39.1 Å². The van der Waals surface area contributed by atoms with Crippen LogP contribution in [0.5, 0.6) is 0 Å². The molecule has 0 unspecified atom stereocenters. The van der Waals surface area contributed by atoms with Crippen molar-refractivity contribution in [3.05, 3.63) is 17.0 Å². The minimum absolute atomic E-state index is 0.217. The Hall–Kier alpha value is -1.55. The number of ether oxygens (including phenoxy) is 1. The van der Waals surface area contributed by atoms with Crippen LogP contribution < -0.4 is 0 Å². The SMILES string of the molecule is CN(C)C=Nc1ncnc2c1c(Br)cn2[C@H]1C[C@H](O)[C@@H](CO)O1. The first-order chi connectivity index (χ1) is 11.0. The van der Waals surface area contributed by atoms with Crippen molar-refractivity contribution in [3.8, 4) is 0 Å². The normalized spacial score (nSPS) is 24.8. The maximum atomic E-state index is 9.93. The van der Waals surface area contributed by atoms with E-state index in [4.69, 9.17) is 4.74 Å². The lowest BCUT2D eigenvalue weighted by Crippen LogP contribution is -2.24. The molecule has 0 aliphatic carbocycles. The van der Waals surface area contributed by atoms with Gasteiger partial charge in [-0.3, -0.25) is 0 Å². The van der Waals surface area contributed by atoms with E-state index in [2.05, 4.69) is 30.9 Å². The molecule has 0 spiro atoms. The summed E-state index contributed by atoms with van der Waals surface area (Å²) in [6.07, 6.45) is 3.67. The number of rotatable bonds is 4. The fourth-order valence-corrected chi connectivity index (χ4v) is 3.14. The molecule has 1 aliphatic heterocycles. The van der Waals surface area contributed by atoms with Gasteiger partial charge in [-0.1, -0.05) is 0 Å². The predicted octanol–water partition coefficient (Wildman–Crippen LogP) is 1.06. The summed E-state index contributed by atoms with van der Waals surface area (Å²) in [7, 11) is 3.76. The van der Waals surface area contributed by atoms with Gasteiger partial charge in [0.15, 0.2) is 5.82 Å². The standard InChI is InChI=1S/C14H18BrN5O3/c1-19(2)7-18-13-12-8(15)4-20(14(12)17-6-16-13)11-3-9(22)10(5-21)23-11/h4,6-7,9-11,21-22H,3,5H2,1-2H3/t9-,10+,11+/m0/s1. The third-order valence-corrected chi connectivity index (χ3v) is 4.25. The van der Waals surface area contributed by atoms with Gasteiger partial charge in [0.1, 0.15) is 24.3 Å². The molecule has 2 N–H and O–H groups in total. The Morgan fingerprint density at radius 3 is 2.96 bits per heavy atom. The van der Waals surface area contributed by atoms with Crippen molar-refractivity contribution in [3.63, 3.8) is 0 Å². The van der Waals surface area contributed by atoms with Crippen molar-refractivity contribution in [2.75, 3.05) is 20.7 Å². The van der Waals surface area contributed by atoms with Gasteiger partial charge in [-0.2, -0.15) is 0 Å². The summed E-state index contributed by atoms with van der Waals surface area (Å²) in [6.45, 7) is -0.217. The fourth-order valence-electron chi connectivity index (χ4n) is 2.56. The van der Waals surface area contributed by atoms with E-state index in [0.717, 1.165) is 9.86 Å². The van der Waals surface area contributed by atoms with Gasteiger partial charge in [-0.15, -0.1) is 0 Å². The van der Waals surface area contributed by atoms with E-state index < -0.39 is 18.4 Å². The highest BCUT2D eigenvalue weighted by Gasteiger charge is 2.35. The number of hydrogen-bond donors (Lipinski definition) is 2. The van der Waals surface area contributed by atoms with Crippen molar-refractivity contribution in [2.45, 2.75) is 24.9 Å². The average molecular weight is 384 g/mol. The second-order valence-electron chi connectivity index (χ2n) is 5.60. The molecule has 23 heavy (non-hydrogen) atoms. The quantitative estimate of drug-likeness (QED) is 0.605. The van der Waals surface area contributed by atoms with E-state index in [1.807, 2.05) is 29.8 Å². The Balaban J connectivity index is 2.02. The molecule has 2 aromatic heterocycles. The van der Waals surface area contributed by atoms with E-state index in [0.29, 0.717) is 17.9 Å². The van der Waals surface area contributed by atoms with Crippen LogP contribution in [-0.4, -0.2) is 68.9 Å². The molecule has 3 rings (SSSR count). The van der Waals surface area contributed by atoms with E-state index in [1.54, 1.807) is 6.34 Å². The minimum atomic E-state index is -0.700. The largest absolute Gasteiger partial charge is 0.394 e. The van der Waals surface area contributed by atoms with Crippen molar-refractivity contribution in [1.82, 2.24) is 19.4 Å². The van der Waals surface area contributed by atoms with Crippen LogP contribution in [0.15, 0.2) is 22.0 Å². The summed E-state index contributed by atoms with van der Waals surface area (Å²) < 4.78 is 8.33. The lowest BCUT2D eigenvalue weighted by atomic mass is 10.2. The second-order valence-corrected chi connectivity index (χ2v) is 6.46. The van der Waals surface area contributed by atoms with Crippen LogP contribution in [0.4, 0.5) is 5.82 Å². The molecule has 9 heteroatoms. The van der Waals surface area contributed by atoms with Crippen LogP contribution in [-0.2, 0) is 4.74 Å². The van der Waals surface area contributed by atoms with Crippen molar-refractivity contribution in [1.29, 1.82) is 0 Å².